The van der Waals surface area contributed by atoms with Crippen LogP contribution in [0.1, 0.15) is 12.0 Å². The van der Waals surface area contributed by atoms with Crippen LogP contribution in [0.5, 0.6) is 0 Å². The summed E-state index contributed by atoms with van der Waals surface area (Å²) >= 11 is 0. The lowest BCUT2D eigenvalue weighted by Crippen LogP contribution is -2.23. The quantitative estimate of drug-likeness (QED) is 0.564. The Kier molecular flexibility index (Phi) is 4.24. The average Bonchev–Trinajstić information content (AvgIpc) is 2.25. The first-order valence-corrected chi connectivity index (χ1v) is 4.77. The molecule has 1 amide bonds. The van der Waals surface area contributed by atoms with Gasteiger partial charge >= 0.3 is 0 Å². The number of terminal acetylenes is 1. The van der Waals surface area contributed by atoms with Crippen LogP contribution < -0.4 is 11.1 Å². The molecule has 0 saturated heterocycles. The molecule has 0 saturated carbocycles. The molecule has 3 N–H and O–H groups in total. The Hall–Kier alpha value is -1.95. The molecule has 0 aliphatic carbocycles. The normalized spacial score (nSPS) is 9.27. The van der Waals surface area contributed by atoms with E-state index in [4.69, 9.17) is 12.2 Å². The van der Waals surface area contributed by atoms with E-state index in [2.05, 4.69) is 11.2 Å². The van der Waals surface area contributed by atoms with Gasteiger partial charge in [0.2, 0.25) is 5.91 Å². The predicted molar refractivity (Wildman–Crippen MR) is 61.0 cm³/mol. The SMILES string of the molecule is C#CCNC(=O)CCc1ccc(N)cc1. The zero-order valence-corrected chi connectivity index (χ0v) is 8.49. The summed E-state index contributed by atoms with van der Waals surface area (Å²) in [7, 11) is 0. The number of amides is 1. The Morgan fingerprint density at radius 3 is 2.67 bits per heavy atom. The van der Waals surface area contributed by atoms with Crippen LogP contribution in [0.15, 0.2) is 24.3 Å². The number of benzene rings is 1. The highest BCUT2D eigenvalue weighted by Gasteiger charge is 2.00. The summed E-state index contributed by atoms with van der Waals surface area (Å²) in [6, 6.07) is 7.50. The van der Waals surface area contributed by atoms with E-state index in [0.29, 0.717) is 19.4 Å². The zero-order chi connectivity index (χ0) is 11.1. The second-order valence-corrected chi connectivity index (χ2v) is 3.22. The number of nitrogen functional groups attached to an aromatic ring is 1. The topological polar surface area (TPSA) is 55.1 Å². The number of aryl methyl sites for hydroxylation is 1. The molecule has 0 spiro atoms. The lowest BCUT2D eigenvalue weighted by molar-refractivity contribution is -0.120. The van der Waals surface area contributed by atoms with Crippen molar-refractivity contribution in [3.63, 3.8) is 0 Å². The summed E-state index contributed by atoms with van der Waals surface area (Å²) in [6.45, 7) is 0.292. The van der Waals surface area contributed by atoms with Crippen molar-refractivity contribution in [2.45, 2.75) is 12.8 Å². The van der Waals surface area contributed by atoms with Gasteiger partial charge in [-0.05, 0) is 24.1 Å². The van der Waals surface area contributed by atoms with Gasteiger partial charge in [-0.3, -0.25) is 4.79 Å². The van der Waals surface area contributed by atoms with E-state index in [1.165, 1.54) is 0 Å². The molecule has 0 heterocycles. The van der Waals surface area contributed by atoms with Gasteiger partial charge in [-0.1, -0.05) is 18.1 Å². The van der Waals surface area contributed by atoms with Gasteiger partial charge in [0.1, 0.15) is 0 Å². The average molecular weight is 202 g/mol. The third kappa shape index (κ3) is 4.19. The molecule has 1 rings (SSSR count). The fraction of sp³-hybridized carbons (Fsp3) is 0.250. The van der Waals surface area contributed by atoms with Crippen LogP contribution in [-0.2, 0) is 11.2 Å². The van der Waals surface area contributed by atoms with E-state index in [1.807, 2.05) is 24.3 Å². The third-order valence-corrected chi connectivity index (χ3v) is 2.01. The zero-order valence-electron chi connectivity index (χ0n) is 8.49. The van der Waals surface area contributed by atoms with Gasteiger partial charge in [-0.2, -0.15) is 0 Å². The van der Waals surface area contributed by atoms with Crippen molar-refractivity contribution in [1.82, 2.24) is 5.32 Å². The van der Waals surface area contributed by atoms with E-state index >= 15 is 0 Å². The molecular formula is C12H14N2O. The molecule has 0 aliphatic rings. The molecule has 15 heavy (non-hydrogen) atoms. The number of rotatable bonds is 4. The van der Waals surface area contributed by atoms with Crippen molar-refractivity contribution >= 4 is 11.6 Å². The second kappa shape index (κ2) is 5.71. The van der Waals surface area contributed by atoms with Crippen molar-refractivity contribution in [1.29, 1.82) is 0 Å². The summed E-state index contributed by atoms with van der Waals surface area (Å²) in [5, 5.41) is 2.61. The molecular weight excluding hydrogens is 188 g/mol. The molecule has 0 fully saturated rings. The molecule has 3 nitrogen and oxygen atoms in total. The van der Waals surface area contributed by atoms with Crippen LogP contribution in [-0.4, -0.2) is 12.5 Å². The molecule has 0 unspecified atom stereocenters. The first kappa shape index (κ1) is 11.1. The number of carbonyl (C=O) groups excluding carboxylic acids is 1. The fourth-order valence-corrected chi connectivity index (χ4v) is 1.18. The van der Waals surface area contributed by atoms with Crippen LogP contribution >= 0.6 is 0 Å². The van der Waals surface area contributed by atoms with Crippen LogP contribution in [0, 0.1) is 12.3 Å². The van der Waals surface area contributed by atoms with E-state index in [-0.39, 0.29) is 5.91 Å². The Labute approximate surface area is 89.7 Å². The summed E-state index contributed by atoms with van der Waals surface area (Å²) in [5.41, 5.74) is 7.38. The van der Waals surface area contributed by atoms with Gasteiger partial charge < -0.3 is 11.1 Å². The van der Waals surface area contributed by atoms with Crippen molar-refractivity contribution in [3.8, 4) is 12.3 Å². The molecule has 0 aromatic heterocycles. The molecule has 0 atom stereocenters. The highest BCUT2D eigenvalue weighted by atomic mass is 16.1. The van der Waals surface area contributed by atoms with Gasteiger partial charge in [0.05, 0.1) is 6.54 Å². The highest BCUT2D eigenvalue weighted by molar-refractivity contribution is 5.76. The van der Waals surface area contributed by atoms with Crippen molar-refractivity contribution < 1.29 is 4.79 Å². The fourth-order valence-electron chi connectivity index (χ4n) is 1.18. The van der Waals surface area contributed by atoms with Gasteiger partial charge in [-0.25, -0.2) is 0 Å². The predicted octanol–water partition coefficient (Wildman–Crippen LogP) is 0.951. The maximum atomic E-state index is 11.2. The van der Waals surface area contributed by atoms with Crippen molar-refractivity contribution in [3.05, 3.63) is 29.8 Å². The number of nitrogens with two attached hydrogens (primary N) is 1. The molecule has 0 aliphatic heterocycles. The maximum absolute atomic E-state index is 11.2. The molecule has 78 valence electrons. The summed E-state index contributed by atoms with van der Waals surface area (Å²) in [6.07, 6.45) is 6.18. The Bertz CT molecular complexity index is 362. The first-order valence-electron chi connectivity index (χ1n) is 4.77. The minimum Gasteiger partial charge on any atom is -0.399 e. The Morgan fingerprint density at radius 1 is 1.40 bits per heavy atom. The Morgan fingerprint density at radius 2 is 2.07 bits per heavy atom. The third-order valence-electron chi connectivity index (χ3n) is 2.01. The molecule has 0 bridgehead atoms. The molecule has 0 radical (unpaired) electrons. The minimum absolute atomic E-state index is 0.0234. The maximum Gasteiger partial charge on any atom is 0.221 e. The van der Waals surface area contributed by atoms with Crippen LogP contribution in [0.2, 0.25) is 0 Å². The van der Waals surface area contributed by atoms with Gasteiger partial charge in [0, 0.05) is 12.1 Å². The molecule has 1 aromatic rings. The van der Waals surface area contributed by atoms with Crippen molar-refractivity contribution in [2.24, 2.45) is 0 Å². The standard InChI is InChI=1S/C12H14N2O/c1-2-9-14-12(15)8-5-10-3-6-11(13)7-4-10/h1,3-4,6-7H,5,8-9,13H2,(H,14,15). The lowest BCUT2D eigenvalue weighted by atomic mass is 10.1. The largest absolute Gasteiger partial charge is 0.399 e. The van der Waals surface area contributed by atoms with E-state index in [0.717, 1.165) is 11.3 Å². The van der Waals surface area contributed by atoms with E-state index in [9.17, 15) is 4.79 Å². The minimum atomic E-state index is -0.0234. The lowest BCUT2D eigenvalue weighted by Gasteiger charge is -2.02. The van der Waals surface area contributed by atoms with Crippen LogP contribution in [0.25, 0.3) is 0 Å². The summed E-state index contributed by atoms with van der Waals surface area (Å²) in [5.74, 6) is 2.33. The van der Waals surface area contributed by atoms with Crippen molar-refractivity contribution in [2.75, 3.05) is 12.3 Å². The van der Waals surface area contributed by atoms with Gasteiger partial charge in [0.25, 0.3) is 0 Å². The van der Waals surface area contributed by atoms with Crippen LogP contribution in [0.4, 0.5) is 5.69 Å². The number of hydrogen-bond donors (Lipinski definition) is 2. The Balaban J connectivity index is 2.34. The summed E-state index contributed by atoms with van der Waals surface area (Å²) < 4.78 is 0. The van der Waals surface area contributed by atoms with Crippen LogP contribution in [0.3, 0.4) is 0 Å². The number of hydrogen-bond acceptors (Lipinski definition) is 2. The second-order valence-electron chi connectivity index (χ2n) is 3.22. The number of nitrogens with one attached hydrogen (secondary N) is 1. The van der Waals surface area contributed by atoms with Gasteiger partial charge in [-0.15, -0.1) is 6.42 Å². The van der Waals surface area contributed by atoms with E-state index < -0.39 is 0 Å². The summed E-state index contributed by atoms with van der Waals surface area (Å²) in [4.78, 5) is 11.2. The number of anilines is 1. The highest BCUT2D eigenvalue weighted by Crippen LogP contribution is 2.07. The molecule has 3 heteroatoms. The van der Waals surface area contributed by atoms with E-state index in [1.54, 1.807) is 0 Å². The smallest absolute Gasteiger partial charge is 0.221 e. The van der Waals surface area contributed by atoms with Gasteiger partial charge in [0.15, 0.2) is 0 Å². The number of carbonyl (C=O) groups is 1. The molecule has 1 aromatic carbocycles. The first-order chi connectivity index (χ1) is 7.22. The monoisotopic (exact) mass is 202 g/mol.